The zero-order valence-corrected chi connectivity index (χ0v) is 12.6. The number of benzene rings is 1. The maximum absolute atomic E-state index is 12.7. The molecular weight excluding hydrogens is 270 g/mol. The Kier molecular flexibility index (Phi) is 2.99. The maximum Gasteiger partial charge on any atom is 0.201 e. The van der Waals surface area contributed by atoms with Gasteiger partial charge in [0.25, 0.3) is 0 Å². The van der Waals surface area contributed by atoms with E-state index in [0.717, 1.165) is 0 Å². The van der Waals surface area contributed by atoms with E-state index in [1.165, 1.54) is 0 Å². The highest BCUT2D eigenvalue weighted by Crippen LogP contribution is 2.35. The van der Waals surface area contributed by atoms with Crippen molar-refractivity contribution in [3.8, 4) is 11.6 Å². The molecular formula is C16H19NO4. The van der Waals surface area contributed by atoms with Crippen molar-refractivity contribution in [3.05, 3.63) is 34.0 Å². The topological polar surface area (TPSA) is 60.7 Å². The molecule has 2 aromatic rings. The van der Waals surface area contributed by atoms with Crippen LogP contribution in [0.4, 0.5) is 0 Å². The van der Waals surface area contributed by atoms with Gasteiger partial charge in [0.05, 0.1) is 24.3 Å². The van der Waals surface area contributed by atoms with Crippen LogP contribution in [0.3, 0.4) is 0 Å². The summed E-state index contributed by atoms with van der Waals surface area (Å²) in [6, 6.07) is 5.38. The van der Waals surface area contributed by atoms with Crippen LogP contribution in [-0.4, -0.2) is 28.5 Å². The third kappa shape index (κ3) is 1.92. The monoisotopic (exact) mass is 289 g/mol. The standard InChI is InChI=1S/C16H19NO4/c1-16(2)12(18)8-10-14(19)9-6-5-7-11(20-4)13(9)17(3)15(10)21-16/h5-7,12,18H,8H2,1-4H3/t12-/m1/s1. The second-order valence-electron chi connectivity index (χ2n) is 5.95. The first kappa shape index (κ1) is 13.9. The molecule has 2 heterocycles. The summed E-state index contributed by atoms with van der Waals surface area (Å²) in [4.78, 5) is 12.7. The van der Waals surface area contributed by atoms with Crippen molar-refractivity contribution >= 4 is 10.9 Å². The average molecular weight is 289 g/mol. The van der Waals surface area contributed by atoms with Crippen molar-refractivity contribution in [3.63, 3.8) is 0 Å². The number of ether oxygens (including phenoxy) is 2. The summed E-state index contributed by atoms with van der Waals surface area (Å²) in [6.07, 6.45) is -0.414. The fraction of sp³-hybridized carbons (Fsp3) is 0.438. The fourth-order valence-electron chi connectivity index (χ4n) is 2.85. The van der Waals surface area contributed by atoms with Crippen LogP contribution in [0.15, 0.2) is 23.0 Å². The summed E-state index contributed by atoms with van der Waals surface area (Å²) >= 11 is 0. The molecule has 0 fully saturated rings. The number of hydrogen-bond acceptors (Lipinski definition) is 4. The van der Waals surface area contributed by atoms with E-state index in [1.807, 2.05) is 31.5 Å². The van der Waals surface area contributed by atoms with Gasteiger partial charge in [-0.1, -0.05) is 6.07 Å². The van der Waals surface area contributed by atoms with Gasteiger partial charge < -0.3 is 19.1 Å². The van der Waals surface area contributed by atoms with E-state index < -0.39 is 11.7 Å². The normalized spacial score (nSPS) is 20.0. The summed E-state index contributed by atoms with van der Waals surface area (Å²) in [5.74, 6) is 1.13. The summed E-state index contributed by atoms with van der Waals surface area (Å²) in [6.45, 7) is 3.63. The van der Waals surface area contributed by atoms with Crippen LogP contribution in [0, 0.1) is 0 Å². The van der Waals surface area contributed by atoms with E-state index in [-0.39, 0.29) is 5.43 Å². The van der Waals surface area contributed by atoms with Gasteiger partial charge in [0, 0.05) is 18.9 Å². The predicted molar refractivity (Wildman–Crippen MR) is 80.2 cm³/mol. The molecule has 0 aliphatic carbocycles. The largest absolute Gasteiger partial charge is 0.495 e. The highest BCUT2D eigenvalue weighted by Gasteiger charge is 2.38. The molecule has 3 rings (SSSR count). The second-order valence-corrected chi connectivity index (χ2v) is 5.95. The van der Waals surface area contributed by atoms with Gasteiger partial charge in [-0.05, 0) is 26.0 Å². The Morgan fingerprint density at radius 3 is 2.81 bits per heavy atom. The molecule has 0 spiro atoms. The minimum atomic E-state index is -0.729. The van der Waals surface area contributed by atoms with Crippen LogP contribution in [-0.2, 0) is 13.5 Å². The zero-order chi connectivity index (χ0) is 15.4. The number of aryl methyl sites for hydroxylation is 1. The molecule has 5 heteroatoms. The highest BCUT2D eigenvalue weighted by atomic mass is 16.5. The van der Waals surface area contributed by atoms with Gasteiger partial charge in [-0.25, -0.2) is 0 Å². The molecule has 1 aliphatic rings. The molecule has 0 radical (unpaired) electrons. The maximum atomic E-state index is 12.7. The van der Waals surface area contributed by atoms with Crippen LogP contribution in [0.2, 0.25) is 0 Å². The molecule has 0 unspecified atom stereocenters. The molecule has 1 aromatic heterocycles. The molecule has 1 aromatic carbocycles. The van der Waals surface area contributed by atoms with Gasteiger partial charge in [0.2, 0.25) is 5.88 Å². The minimum absolute atomic E-state index is 0.105. The predicted octanol–water partition coefficient (Wildman–Crippen LogP) is 1.62. The number of aromatic nitrogens is 1. The molecule has 112 valence electrons. The van der Waals surface area contributed by atoms with Crippen LogP contribution in [0.25, 0.3) is 10.9 Å². The van der Waals surface area contributed by atoms with E-state index in [4.69, 9.17) is 9.47 Å². The first-order chi connectivity index (χ1) is 9.86. The minimum Gasteiger partial charge on any atom is -0.495 e. The van der Waals surface area contributed by atoms with E-state index in [0.29, 0.717) is 34.5 Å². The van der Waals surface area contributed by atoms with Gasteiger partial charge in [0.1, 0.15) is 11.4 Å². The molecule has 5 nitrogen and oxygen atoms in total. The third-order valence-electron chi connectivity index (χ3n) is 4.20. The summed E-state index contributed by atoms with van der Waals surface area (Å²) in [5.41, 5.74) is 0.389. The Hall–Kier alpha value is -2.01. The Morgan fingerprint density at radius 2 is 2.14 bits per heavy atom. The zero-order valence-electron chi connectivity index (χ0n) is 12.6. The Morgan fingerprint density at radius 1 is 1.43 bits per heavy atom. The van der Waals surface area contributed by atoms with Crippen molar-refractivity contribution < 1.29 is 14.6 Å². The molecule has 0 amide bonds. The second kappa shape index (κ2) is 4.49. The molecule has 0 saturated heterocycles. The molecule has 1 aliphatic heterocycles. The lowest BCUT2D eigenvalue weighted by molar-refractivity contribution is -0.0465. The smallest absolute Gasteiger partial charge is 0.201 e. The fourth-order valence-corrected chi connectivity index (χ4v) is 2.85. The molecule has 0 bridgehead atoms. The number of aliphatic hydroxyl groups excluding tert-OH is 1. The van der Waals surface area contributed by atoms with E-state index in [2.05, 4.69) is 0 Å². The highest BCUT2D eigenvalue weighted by molar-refractivity contribution is 5.86. The number of rotatable bonds is 1. The lowest BCUT2D eigenvalue weighted by Crippen LogP contribution is -2.48. The van der Waals surface area contributed by atoms with Crippen LogP contribution >= 0.6 is 0 Å². The summed E-state index contributed by atoms with van der Waals surface area (Å²) in [7, 11) is 3.42. The SMILES string of the molecule is COc1cccc2c(=O)c3c(n(C)c12)OC(C)(C)[C@H](O)C3. The van der Waals surface area contributed by atoms with Crippen molar-refractivity contribution in [2.45, 2.75) is 32.0 Å². The van der Waals surface area contributed by atoms with Crippen LogP contribution in [0.1, 0.15) is 19.4 Å². The van der Waals surface area contributed by atoms with Crippen molar-refractivity contribution in [2.75, 3.05) is 7.11 Å². The van der Waals surface area contributed by atoms with E-state index >= 15 is 0 Å². The van der Waals surface area contributed by atoms with Crippen molar-refractivity contribution in [2.24, 2.45) is 7.05 Å². The first-order valence-corrected chi connectivity index (χ1v) is 6.92. The number of pyridine rings is 1. The lowest BCUT2D eigenvalue weighted by atomic mass is 9.91. The van der Waals surface area contributed by atoms with Gasteiger partial charge >= 0.3 is 0 Å². The van der Waals surface area contributed by atoms with Gasteiger partial charge in [-0.2, -0.15) is 0 Å². The number of para-hydroxylation sites is 1. The number of hydrogen-bond donors (Lipinski definition) is 1. The Bertz CT molecular complexity index is 776. The molecule has 1 N–H and O–H groups in total. The van der Waals surface area contributed by atoms with E-state index in [9.17, 15) is 9.90 Å². The first-order valence-electron chi connectivity index (χ1n) is 6.92. The number of nitrogens with zero attached hydrogens (tertiary/aromatic N) is 1. The summed E-state index contributed by atoms with van der Waals surface area (Å²) < 4.78 is 13.1. The van der Waals surface area contributed by atoms with Crippen LogP contribution < -0.4 is 14.9 Å². The van der Waals surface area contributed by atoms with Crippen molar-refractivity contribution in [1.82, 2.24) is 4.57 Å². The van der Waals surface area contributed by atoms with Gasteiger partial charge in [-0.3, -0.25) is 4.79 Å². The third-order valence-corrected chi connectivity index (χ3v) is 4.20. The van der Waals surface area contributed by atoms with Crippen LogP contribution in [0.5, 0.6) is 11.6 Å². The molecule has 0 saturated carbocycles. The average Bonchev–Trinajstić information content (AvgIpc) is 2.46. The van der Waals surface area contributed by atoms with Crippen molar-refractivity contribution in [1.29, 1.82) is 0 Å². The number of methoxy groups -OCH3 is 1. The lowest BCUT2D eigenvalue weighted by Gasteiger charge is -2.37. The van der Waals surface area contributed by atoms with E-state index in [1.54, 1.807) is 19.2 Å². The number of aliphatic hydroxyl groups is 1. The Labute approximate surface area is 122 Å². The molecule has 1 atom stereocenters. The summed E-state index contributed by atoms with van der Waals surface area (Å²) in [5, 5.41) is 10.7. The van der Waals surface area contributed by atoms with Gasteiger partial charge in [-0.15, -0.1) is 0 Å². The molecule has 21 heavy (non-hydrogen) atoms. The van der Waals surface area contributed by atoms with Gasteiger partial charge in [0.15, 0.2) is 5.43 Å². The number of fused-ring (bicyclic) bond motifs is 2. The quantitative estimate of drug-likeness (QED) is 0.866. The Balaban J connectivity index is 2.40.